The number of aryl methyl sites for hydroxylation is 2. The molecule has 1 saturated heterocycles. The average molecular weight is 413 g/mol. The van der Waals surface area contributed by atoms with Gasteiger partial charge in [-0.15, -0.1) is 0 Å². The summed E-state index contributed by atoms with van der Waals surface area (Å²) in [4.78, 5) is 14.3. The molecule has 0 aliphatic carbocycles. The molecule has 0 aromatic heterocycles. The van der Waals surface area contributed by atoms with E-state index in [0.717, 1.165) is 27.9 Å². The first-order valence-corrected chi connectivity index (χ1v) is 11.5. The van der Waals surface area contributed by atoms with Crippen LogP contribution in [0.4, 0.5) is 5.69 Å². The molecule has 5 rings (SSSR count). The van der Waals surface area contributed by atoms with E-state index in [2.05, 4.69) is 0 Å². The van der Waals surface area contributed by atoms with Gasteiger partial charge in [0.05, 0.1) is 23.3 Å². The number of ether oxygens (including phenoxy) is 1. The summed E-state index contributed by atoms with van der Waals surface area (Å²) in [5, 5.41) is 0. The molecule has 152 valence electrons. The molecule has 1 fully saturated rings. The number of hydrogen-bond acceptors (Lipinski definition) is 4. The number of amides is 1. The largest absolute Gasteiger partial charge is 0.371 e. The zero-order valence-electron chi connectivity index (χ0n) is 16.4. The van der Waals surface area contributed by atoms with Crippen molar-refractivity contribution in [3.8, 4) is 0 Å². The van der Waals surface area contributed by atoms with E-state index >= 15 is 0 Å². The molecular weight excluding hydrogens is 388 g/mol. The van der Waals surface area contributed by atoms with Gasteiger partial charge in [0.25, 0.3) is 0 Å². The first-order valence-electron chi connectivity index (χ1n) is 10.1. The molecule has 3 aliphatic rings. The molecule has 2 aromatic carbocycles. The van der Waals surface area contributed by atoms with E-state index in [1.54, 1.807) is 12.1 Å². The van der Waals surface area contributed by atoms with Crippen LogP contribution < -0.4 is 4.90 Å². The van der Waals surface area contributed by atoms with Crippen molar-refractivity contribution < 1.29 is 17.9 Å². The van der Waals surface area contributed by atoms with Crippen molar-refractivity contribution in [1.29, 1.82) is 0 Å². The summed E-state index contributed by atoms with van der Waals surface area (Å²) in [6, 6.07) is 11.6. The first kappa shape index (κ1) is 18.8. The van der Waals surface area contributed by atoms with Gasteiger partial charge in [0.2, 0.25) is 15.9 Å². The number of nitrogens with zero attached hydrogens (tertiary/aromatic N) is 2. The highest BCUT2D eigenvalue weighted by atomic mass is 32.2. The van der Waals surface area contributed by atoms with Gasteiger partial charge in [-0.25, -0.2) is 8.42 Å². The van der Waals surface area contributed by atoms with Crippen LogP contribution >= 0.6 is 0 Å². The van der Waals surface area contributed by atoms with Gasteiger partial charge < -0.3 is 9.64 Å². The Bertz CT molecular complexity index is 1080. The second kappa shape index (κ2) is 6.93. The number of benzene rings is 2. The monoisotopic (exact) mass is 412 g/mol. The molecule has 7 heteroatoms. The summed E-state index contributed by atoms with van der Waals surface area (Å²) in [7, 11) is -3.62. The number of sulfonamides is 1. The molecule has 1 unspecified atom stereocenters. The summed E-state index contributed by atoms with van der Waals surface area (Å²) in [5.41, 5.74) is 5.04. The fraction of sp³-hybridized carbons (Fsp3) is 0.409. The number of rotatable bonds is 3. The van der Waals surface area contributed by atoms with Crippen molar-refractivity contribution in [3.05, 3.63) is 58.7 Å². The van der Waals surface area contributed by atoms with Gasteiger partial charge in [-0.3, -0.25) is 4.79 Å². The minimum absolute atomic E-state index is 0.140. The van der Waals surface area contributed by atoms with Crippen LogP contribution in [0.25, 0.3) is 0 Å². The van der Waals surface area contributed by atoms with E-state index in [9.17, 15) is 13.2 Å². The number of anilines is 1. The van der Waals surface area contributed by atoms with Crippen LogP contribution in [0.15, 0.2) is 41.3 Å². The minimum atomic E-state index is -3.62. The normalized spacial score (nSPS) is 22.0. The van der Waals surface area contributed by atoms with Crippen LogP contribution in [0.1, 0.15) is 34.8 Å². The summed E-state index contributed by atoms with van der Waals surface area (Å²) < 4.78 is 34.3. The molecule has 29 heavy (non-hydrogen) atoms. The Morgan fingerprint density at radius 3 is 2.48 bits per heavy atom. The predicted octanol–water partition coefficient (Wildman–Crippen LogP) is 2.59. The third-order valence-corrected chi connectivity index (χ3v) is 7.98. The lowest BCUT2D eigenvalue weighted by Gasteiger charge is -2.33. The highest BCUT2D eigenvalue weighted by molar-refractivity contribution is 7.89. The molecule has 0 bridgehead atoms. The lowest BCUT2D eigenvalue weighted by molar-refractivity contribution is -0.118. The Morgan fingerprint density at radius 1 is 1.00 bits per heavy atom. The smallest absolute Gasteiger partial charge is 0.243 e. The van der Waals surface area contributed by atoms with Gasteiger partial charge in [0.1, 0.15) is 0 Å². The Labute approximate surface area is 171 Å². The van der Waals surface area contributed by atoms with E-state index in [0.29, 0.717) is 50.4 Å². The standard InChI is InChI=1S/C22H24N2O4S/c1-15-2-4-16(5-3-15)20-14-23(10-11-28-20)29(26,27)19-12-17-6-7-21(25)24-9-8-18(13-19)22(17)24/h2-5,12-13,20H,6-11,14H2,1H3. The van der Waals surface area contributed by atoms with E-state index in [1.165, 1.54) is 4.31 Å². The molecule has 6 nitrogen and oxygen atoms in total. The van der Waals surface area contributed by atoms with Crippen molar-refractivity contribution in [1.82, 2.24) is 4.31 Å². The Balaban J connectivity index is 1.45. The van der Waals surface area contributed by atoms with Gasteiger partial charge in [-0.1, -0.05) is 29.8 Å². The van der Waals surface area contributed by atoms with Crippen molar-refractivity contribution in [2.75, 3.05) is 31.1 Å². The third kappa shape index (κ3) is 3.17. The van der Waals surface area contributed by atoms with Crippen LogP contribution in [0.5, 0.6) is 0 Å². The van der Waals surface area contributed by atoms with E-state index in [-0.39, 0.29) is 12.0 Å². The number of carbonyl (C=O) groups is 1. The molecule has 0 saturated carbocycles. The highest BCUT2D eigenvalue weighted by Crippen LogP contribution is 2.39. The Kier molecular flexibility index (Phi) is 4.49. The van der Waals surface area contributed by atoms with Gasteiger partial charge in [0.15, 0.2) is 0 Å². The number of hydrogen-bond donors (Lipinski definition) is 0. The van der Waals surface area contributed by atoms with Crippen LogP contribution in [-0.4, -0.2) is 44.9 Å². The maximum absolute atomic E-state index is 13.4. The molecule has 1 atom stereocenters. The summed E-state index contributed by atoms with van der Waals surface area (Å²) >= 11 is 0. The lowest BCUT2D eigenvalue weighted by atomic mass is 10.00. The highest BCUT2D eigenvalue weighted by Gasteiger charge is 2.36. The lowest BCUT2D eigenvalue weighted by Crippen LogP contribution is -2.42. The Morgan fingerprint density at radius 2 is 1.72 bits per heavy atom. The zero-order valence-corrected chi connectivity index (χ0v) is 17.2. The second-order valence-corrected chi connectivity index (χ2v) is 9.96. The van der Waals surface area contributed by atoms with Crippen molar-refractivity contribution in [2.24, 2.45) is 0 Å². The first-order chi connectivity index (χ1) is 13.9. The molecule has 3 aliphatic heterocycles. The molecule has 1 amide bonds. The topological polar surface area (TPSA) is 66.9 Å². The van der Waals surface area contributed by atoms with Crippen molar-refractivity contribution >= 4 is 21.6 Å². The van der Waals surface area contributed by atoms with Crippen molar-refractivity contribution in [3.63, 3.8) is 0 Å². The average Bonchev–Trinajstić information content (AvgIpc) is 3.17. The van der Waals surface area contributed by atoms with Crippen LogP contribution in [0, 0.1) is 6.92 Å². The number of carbonyl (C=O) groups excluding carboxylic acids is 1. The molecule has 0 N–H and O–H groups in total. The summed E-state index contributed by atoms with van der Waals surface area (Å²) in [5.74, 6) is 0.140. The molecular formula is C22H24N2O4S. The maximum Gasteiger partial charge on any atom is 0.243 e. The van der Waals surface area contributed by atoms with E-state index in [1.807, 2.05) is 36.1 Å². The van der Waals surface area contributed by atoms with Gasteiger partial charge in [-0.2, -0.15) is 4.31 Å². The van der Waals surface area contributed by atoms with Gasteiger partial charge in [-0.05, 0) is 48.6 Å². The van der Waals surface area contributed by atoms with Crippen LogP contribution in [0.2, 0.25) is 0 Å². The second-order valence-electron chi connectivity index (χ2n) is 8.02. The summed E-state index contributed by atoms with van der Waals surface area (Å²) in [6.45, 7) is 3.71. The van der Waals surface area contributed by atoms with E-state index in [4.69, 9.17) is 4.74 Å². The quantitative estimate of drug-likeness (QED) is 0.777. The summed E-state index contributed by atoms with van der Waals surface area (Å²) in [6.07, 6.45) is 1.51. The van der Waals surface area contributed by atoms with Crippen LogP contribution in [0.3, 0.4) is 0 Å². The maximum atomic E-state index is 13.4. The molecule has 0 spiro atoms. The Hall–Kier alpha value is -2.22. The van der Waals surface area contributed by atoms with Gasteiger partial charge in [0, 0.05) is 26.1 Å². The molecule has 3 heterocycles. The zero-order chi connectivity index (χ0) is 20.2. The fourth-order valence-corrected chi connectivity index (χ4v) is 6.08. The number of morpholine rings is 1. The predicted molar refractivity (Wildman–Crippen MR) is 109 cm³/mol. The molecule has 0 radical (unpaired) electrons. The minimum Gasteiger partial charge on any atom is -0.371 e. The molecule has 2 aromatic rings. The third-order valence-electron chi connectivity index (χ3n) is 6.14. The van der Waals surface area contributed by atoms with E-state index < -0.39 is 10.0 Å². The van der Waals surface area contributed by atoms with Crippen molar-refractivity contribution in [2.45, 2.75) is 37.2 Å². The van der Waals surface area contributed by atoms with Gasteiger partial charge >= 0.3 is 0 Å². The SMILES string of the molecule is Cc1ccc(C2CN(S(=O)(=O)c3cc4c5c(c3)CCN5C(=O)CC4)CCO2)cc1. The van der Waals surface area contributed by atoms with Crippen LogP contribution in [-0.2, 0) is 32.4 Å². The fourth-order valence-electron chi connectivity index (χ4n) is 4.55.